The van der Waals surface area contributed by atoms with E-state index in [2.05, 4.69) is 6.07 Å². The Balaban J connectivity index is 1.83. The molecule has 0 amide bonds. The van der Waals surface area contributed by atoms with E-state index >= 15 is 0 Å². The number of phenols is 2. The van der Waals surface area contributed by atoms with Crippen molar-refractivity contribution in [3.8, 4) is 17.2 Å². The first-order valence-corrected chi connectivity index (χ1v) is 8.02. The molecule has 1 aliphatic heterocycles. The van der Waals surface area contributed by atoms with Gasteiger partial charge in [0.1, 0.15) is 17.2 Å². The van der Waals surface area contributed by atoms with Gasteiger partial charge in [0.15, 0.2) is 0 Å². The first-order valence-electron chi connectivity index (χ1n) is 8.02. The Bertz CT molecular complexity index is 838. The maximum atomic E-state index is 9.61. The molecule has 0 aliphatic carbocycles. The molecule has 4 rings (SSSR count). The molecule has 0 saturated carbocycles. The van der Waals surface area contributed by atoms with Crippen LogP contribution in [0.25, 0.3) is 0 Å². The summed E-state index contributed by atoms with van der Waals surface area (Å²) in [6.45, 7) is 0.577. The van der Waals surface area contributed by atoms with Crippen LogP contribution < -0.4 is 4.74 Å². The Hall–Kier alpha value is -2.94. The molecule has 120 valence electrons. The first-order chi connectivity index (χ1) is 11.7. The Morgan fingerprint density at radius 1 is 0.708 bits per heavy atom. The van der Waals surface area contributed by atoms with E-state index in [9.17, 15) is 10.2 Å². The van der Waals surface area contributed by atoms with Gasteiger partial charge in [0, 0.05) is 17.4 Å². The van der Waals surface area contributed by atoms with Gasteiger partial charge in [-0.3, -0.25) is 0 Å². The molecule has 2 atom stereocenters. The molecule has 1 aliphatic rings. The molecule has 0 saturated heterocycles. The first kappa shape index (κ1) is 14.6. The fourth-order valence-corrected chi connectivity index (χ4v) is 3.47. The van der Waals surface area contributed by atoms with Crippen molar-refractivity contribution >= 4 is 0 Å². The fraction of sp³-hybridized carbons (Fsp3) is 0.143. The average molecular weight is 318 g/mol. The van der Waals surface area contributed by atoms with Crippen LogP contribution in [-0.4, -0.2) is 16.8 Å². The number of ether oxygens (including phenoxy) is 1. The summed E-state index contributed by atoms with van der Waals surface area (Å²) in [6, 6.07) is 22.8. The van der Waals surface area contributed by atoms with Gasteiger partial charge in [-0.15, -0.1) is 0 Å². The summed E-state index contributed by atoms with van der Waals surface area (Å²) in [6.07, 6.45) is 0. The van der Waals surface area contributed by atoms with Crippen molar-refractivity contribution < 1.29 is 14.9 Å². The maximum absolute atomic E-state index is 9.61. The van der Waals surface area contributed by atoms with Crippen LogP contribution in [0.2, 0.25) is 0 Å². The van der Waals surface area contributed by atoms with Crippen LogP contribution in [0.4, 0.5) is 0 Å². The lowest BCUT2D eigenvalue weighted by molar-refractivity contribution is 0.249. The van der Waals surface area contributed by atoms with Gasteiger partial charge in [0.05, 0.1) is 6.61 Å². The lowest BCUT2D eigenvalue weighted by atomic mass is 9.76. The highest BCUT2D eigenvalue weighted by Crippen LogP contribution is 2.46. The molecule has 0 fully saturated rings. The second-order valence-electron chi connectivity index (χ2n) is 6.12. The summed E-state index contributed by atoms with van der Waals surface area (Å²) in [4.78, 5) is 0. The maximum Gasteiger partial charge on any atom is 0.123 e. The van der Waals surface area contributed by atoms with Gasteiger partial charge in [-0.25, -0.2) is 0 Å². The average Bonchev–Trinajstić information content (AvgIpc) is 2.62. The summed E-state index contributed by atoms with van der Waals surface area (Å²) in [5.74, 6) is 1.72. The number of rotatable bonds is 2. The van der Waals surface area contributed by atoms with Crippen LogP contribution in [0.5, 0.6) is 17.2 Å². The van der Waals surface area contributed by atoms with E-state index in [1.54, 1.807) is 24.3 Å². The second-order valence-corrected chi connectivity index (χ2v) is 6.12. The number of para-hydroxylation sites is 1. The molecule has 0 spiro atoms. The Morgan fingerprint density at radius 3 is 1.96 bits per heavy atom. The van der Waals surface area contributed by atoms with Crippen molar-refractivity contribution in [1.29, 1.82) is 0 Å². The van der Waals surface area contributed by atoms with E-state index in [4.69, 9.17) is 4.74 Å². The number of benzene rings is 3. The smallest absolute Gasteiger partial charge is 0.123 e. The van der Waals surface area contributed by atoms with Crippen LogP contribution in [0.3, 0.4) is 0 Å². The van der Waals surface area contributed by atoms with E-state index < -0.39 is 0 Å². The van der Waals surface area contributed by atoms with Gasteiger partial charge in [0.25, 0.3) is 0 Å². The number of hydrogen-bond acceptors (Lipinski definition) is 3. The molecule has 24 heavy (non-hydrogen) atoms. The zero-order valence-corrected chi connectivity index (χ0v) is 13.1. The molecule has 0 bridgehead atoms. The van der Waals surface area contributed by atoms with Crippen LogP contribution in [0.15, 0.2) is 72.8 Å². The monoisotopic (exact) mass is 318 g/mol. The molecule has 3 heteroatoms. The number of aromatic hydroxyl groups is 2. The number of phenolic OH excluding ortho intramolecular Hbond substituents is 2. The highest BCUT2D eigenvalue weighted by atomic mass is 16.5. The third-order valence-corrected chi connectivity index (χ3v) is 4.65. The highest BCUT2D eigenvalue weighted by molar-refractivity contribution is 5.48. The van der Waals surface area contributed by atoms with E-state index in [0.29, 0.717) is 6.61 Å². The molecule has 3 aromatic rings. The zero-order chi connectivity index (χ0) is 16.5. The normalized spacial score (nSPS) is 19.3. The summed E-state index contributed by atoms with van der Waals surface area (Å²) in [7, 11) is 0. The third kappa shape index (κ3) is 2.58. The van der Waals surface area contributed by atoms with Gasteiger partial charge in [0.2, 0.25) is 0 Å². The van der Waals surface area contributed by atoms with Gasteiger partial charge < -0.3 is 14.9 Å². The summed E-state index contributed by atoms with van der Waals surface area (Å²) in [5.41, 5.74) is 3.41. The molecule has 0 radical (unpaired) electrons. The number of hydrogen-bond donors (Lipinski definition) is 2. The SMILES string of the molecule is Oc1ccc(C2COc3ccccc3C2c2ccc(O)cc2)cc1. The standard InChI is InChI=1S/C21H18O3/c22-16-9-5-14(6-10-16)19-13-24-20-4-2-1-3-18(20)21(19)15-7-11-17(23)12-8-15/h1-12,19,21-23H,13H2. The van der Waals surface area contributed by atoms with Crippen molar-refractivity contribution in [3.05, 3.63) is 89.5 Å². The van der Waals surface area contributed by atoms with E-state index in [-0.39, 0.29) is 23.3 Å². The van der Waals surface area contributed by atoms with Gasteiger partial charge in [-0.05, 0) is 41.5 Å². The van der Waals surface area contributed by atoms with Gasteiger partial charge in [-0.1, -0.05) is 42.5 Å². The third-order valence-electron chi connectivity index (χ3n) is 4.65. The van der Waals surface area contributed by atoms with Crippen molar-refractivity contribution in [2.75, 3.05) is 6.61 Å². The van der Waals surface area contributed by atoms with Crippen molar-refractivity contribution in [3.63, 3.8) is 0 Å². The number of fused-ring (bicyclic) bond motifs is 1. The predicted octanol–water partition coefficient (Wildman–Crippen LogP) is 4.41. The minimum absolute atomic E-state index is 0.139. The van der Waals surface area contributed by atoms with Crippen molar-refractivity contribution in [2.24, 2.45) is 0 Å². The van der Waals surface area contributed by atoms with Crippen molar-refractivity contribution in [2.45, 2.75) is 11.8 Å². The molecule has 0 aromatic heterocycles. The molecular weight excluding hydrogens is 300 g/mol. The molecule has 2 unspecified atom stereocenters. The Labute approximate surface area is 140 Å². The molecule has 3 nitrogen and oxygen atoms in total. The lowest BCUT2D eigenvalue weighted by Crippen LogP contribution is -2.25. The molecule has 1 heterocycles. The fourth-order valence-electron chi connectivity index (χ4n) is 3.47. The lowest BCUT2D eigenvalue weighted by Gasteiger charge is -2.34. The zero-order valence-electron chi connectivity index (χ0n) is 13.1. The van der Waals surface area contributed by atoms with E-state index in [1.165, 1.54) is 0 Å². The summed E-state index contributed by atoms with van der Waals surface area (Å²) >= 11 is 0. The molecule has 3 aromatic carbocycles. The Kier molecular flexibility index (Phi) is 3.62. The minimum Gasteiger partial charge on any atom is -0.508 e. The van der Waals surface area contributed by atoms with Gasteiger partial charge in [-0.2, -0.15) is 0 Å². The second kappa shape index (κ2) is 5.93. The van der Waals surface area contributed by atoms with Crippen LogP contribution in [-0.2, 0) is 0 Å². The minimum atomic E-state index is 0.139. The summed E-state index contributed by atoms with van der Waals surface area (Å²) in [5, 5.41) is 19.2. The largest absolute Gasteiger partial charge is 0.508 e. The topological polar surface area (TPSA) is 49.7 Å². The summed E-state index contributed by atoms with van der Waals surface area (Å²) < 4.78 is 5.98. The van der Waals surface area contributed by atoms with E-state index in [0.717, 1.165) is 22.4 Å². The highest BCUT2D eigenvalue weighted by Gasteiger charge is 2.33. The molecular formula is C21H18O3. The van der Waals surface area contributed by atoms with Crippen LogP contribution >= 0.6 is 0 Å². The molecule has 2 N–H and O–H groups in total. The predicted molar refractivity (Wildman–Crippen MR) is 92.7 cm³/mol. The van der Waals surface area contributed by atoms with Crippen LogP contribution in [0.1, 0.15) is 28.5 Å². The quantitative estimate of drug-likeness (QED) is 0.736. The Morgan fingerprint density at radius 2 is 1.29 bits per heavy atom. The van der Waals surface area contributed by atoms with E-state index in [1.807, 2.05) is 42.5 Å². The van der Waals surface area contributed by atoms with Crippen LogP contribution in [0, 0.1) is 0 Å². The van der Waals surface area contributed by atoms with Crippen molar-refractivity contribution in [1.82, 2.24) is 0 Å². The van der Waals surface area contributed by atoms with Gasteiger partial charge >= 0.3 is 0 Å².